The zero-order valence-corrected chi connectivity index (χ0v) is 16.3. The number of halogens is 1. The van der Waals surface area contributed by atoms with Gasteiger partial charge < -0.3 is 10.1 Å². The van der Waals surface area contributed by atoms with Gasteiger partial charge in [-0.2, -0.15) is 0 Å². The fraction of sp³-hybridized carbons (Fsp3) is 0.167. The minimum absolute atomic E-state index is 0.0943. The first kappa shape index (κ1) is 17.1. The summed E-state index contributed by atoms with van der Waals surface area (Å²) in [5, 5.41) is 4.20. The van der Waals surface area contributed by atoms with Crippen LogP contribution in [-0.2, 0) is 4.74 Å². The van der Waals surface area contributed by atoms with E-state index in [4.69, 9.17) is 4.74 Å². The van der Waals surface area contributed by atoms with Crippen LogP contribution in [0, 0.1) is 0 Å². The second kappa shape index (κ2) is 7.14. The molecule has 4 rings (SSSR count). The van der Waals surface area contributed by atoms with Crippen molar-refractivity contribution in [1.29, 1.82) is 0 Å². The van der Waals surface area contributed by atoms with Crippen LogP contribution in [0.4, 0.5) is 5.69 Å². The molecule has 1 aromatic carbocycles. The monoisotopic (exact) mass is 430 g/mol. The molecule has 3 aromatic heterocycles. The van der Waals surface area contributed by atoms with E-state index in [1.165, 1.54) is 11.3 Å². The summed E-state index contributed by atoms with van der Waals surface area (Å²) in [6, 6.07) is 9.45. The van der Waals surface area contributed by atoms with Gasteiger partial charge in [-0.15, -0.1) is 11.3 Å². The van der Waals surface area contributed by atoms with E-state index >= 15 is 0 Å². The first-order valence-electron chi connectivity index (χ1n) is 7.96. The molecule has 0 aliphatic rings. The van der Waals surface area contributed by atoms with Gasteiger partial charge in [-0.1, -0.05) is 15.9 Å². The van der Waals surface area contributed by atoms with Crippen LogP contribution in [0.25, 0.3) is 26.1 Å². The summed E-state index contributed by atoms with van der Waals surface area (Å²) < 4.78 is 8.20. The van der Waals surface area contributed by atoms with Crippen LogP contribution in [0.5, 0.6) is 0 Å². The van der Waals surface area contributed by atoms with Crippen molar-refractivity contribution in [2.45, 2.75) is 0 Å². The number of nitrogens with zero attached hydrogens (tertiary/aromatic N) is 3. The highest BCUT2D eigenvalue weighted by Crippen LogP contribution is 2.34. The lowest BCUT2D eigenvalue weighted by molar-refractivity contribution is 0.211. The summed E-state index contributed by atoms with van der Waals surface area (Å²) >= 11 is 4.77. The third-order valence-electron chi connectivity index (χ3n) is 4.01. The van der Waals surface area contributed by atoms with Crippen molar-refractivity contribution in [2.75, 3.05) is 25.6 Å². The van der Waals surface area contributed by atoms with Gasteiger partial charge in [0.25, 0.3) is 5.56 Å². The van der Waals surface area contributed by atoms with Crippen molar-refractivity contribution in [1.82, 2.24) is 14.5 Å². The van der Waals surface area contributed by atoms with Crippen LogP contribution >= 0.6 is 27.3 Å². The Kier molecular flexibility index (Phi) is 4.71. The van der Waals surface area contributed by atoms with E-state index in [2.05, 4.69) is 31.2 Å². The van der Waals surface area contributed by atoms with E-state index in [1.807, 2.05) is 30.3 Å². The molecule has 0 aliphatic heterocycles. The third-order valence-corrected chi connectivity index (χ3v) is 5.61. The summed E-state index contributed by atoms with van der Waals surface area (Å²) in [6.07, 6.45) is 3.31. The van der Waals surface area contributed by atoms with E-state index in [9.17, 15) is 4.79 Å². The van der Waals surface area contributed by atoms with Crippen LogP contribution in [-0.4, -0.2) is 34.8 Å². The Hall–Kier alpha value is -2.29. The minimum atomic E-state index is -0.0943. The van der Waals surface area contributed by atoms with Gasteiger partial charge in [0.15, 0.2) is 0 Å². The molecule has 0 amide bonds. The zero-order chi connectivity index (χ0) is 18.1. The molecule has 4 aromatic rings. The Morgan fingerprint density at radius 2 is 2.04 bits per heavy atom. The normalized spacial score (nSPS) is 11.3. The Morgan fingerprint density at radius 3 is 2.81 bits per heavy atom. The van der Waals surface area contributed by atoms with Crippen LogP contribution in [0.15, 0.2) is 52.1 Å². The van der Waals surface area contributed by atoms with Gasteiger partial charge in [-0.25, -0.2) is 9.97 Å². The quantitative estimate of drug-likeness (QED) is 0.487. The molecule has 6 nitrogen and oxygen atoms in total. The molecule has 0 saturated carbocycles. The molecule has 132 valence electrons. The largest absolute Gasteiger partial charge is 0.383 e. The number of pyridine rings is 1. The number of aromatic nitrogens is 3. The summed E-state index contributed by atoms with van der Waals surface area (Å²) in [7, 11) is 1.66. The maximum absolute atomic E-state index is 13.0. The fourth-order valence-electron chi connectivity index (χ4n) is 2.77. The molecule has 0 saturated heterocycles. The van der Waals surface area contributed by atoms with Crippen molar-refractivity contribution in [3.63, 3.8) is 0 Å². The highest BCUT2D eigenvalue weighted by Gasteiger charge is 2.16. The Balaban J connectivity index is 1.88. The minimum Gasteiger partial charge on any atom is -0.383 e. The van der Waals surface area contributed by atoms with Crippen LogP contribution < -0.4 is 10.9 Å². The topological polar surface area (TPSA) is 69.0 Å². The number of benzene rings is 1. The van der Waals surface area contributed by atoms with Crippen molar-refractivity contribution in [2.24, 2.45) is 0 Å². The van der Waals surface area contributed by atoms with E-state index < -0.39 is 0 Å². The average Bonchev–Trinajstić information content (AvgIpc) is 3.04. The van der Waals surface area contributed by atoms with E-state index in [1.54, 1.807) is 24.2 Å². The fourth-order valence-corrected chi connectivity index (χ4v) is 4.09. The molecule has 1 N–H and O–H groups in total. The molecule has 0 atom stereocenters. The van der Waals surface area contributed by atoms with E-state index in [0.29, 0.717) is 23.4 Å². The number of hydrogen-bond acceptors (Lipinski definition) is 6. The van der Waals surface area contributed by atoms with Gasteiger partial charge in [-0.05, 0) is 30.3 Å². The number of nitrogens with one attached hydrogen (secondary N) is 1. The van der Waals surface area contributed by atoms with Gasteiger partial charge in [0.2, 0.25) is 0 Å². The molecule has 8 heteroatoms. The molecule has 0 spiro atoms. The smallest absolute Gasteiger partial charge is 0.275 e. The van der Waals surface area contributed by atoms with Crippen LogP contribution in [0.1, 0.15) is 0 Å². The summed E-state index contributed by atoms with van der Waals surface area (Å²) in [6.45, 7) is 1.26. The predicted molar refractivity (Wildman–Crippen MR) is 109 cm³/mol. The number of anilines is 1. The molecule has 0 unspecified atom stereocenters. The van der Waals surface area contributed by atoms with Crippen molar-refractivity contribution >= 4 is 53.4 Å². The first-order valence-corrected chi connectivity index (χ1v) is 9.57. The number of fused-ring (bicyclic) bond motifs is 3. The Bertz CT molecular complexity index is 1140. The lowest BCUT2D eigenvalue weighted by Crippen LogP contribution is -2.17. The molecule has 26 heavy (non-hydrogen) atoms. The predicted octanol–water partition coefficient (Wildman–Crippen LogP) is 3.82. The molecule has 0 aliphatic carbocycles. The lowest BCUT2D eigenvalue weighted by atomic mass is 10.2. The lowest BCUT2D eigenvalue weighted by Gasteiger charge is -2.07. The van der Waals surface area contributed by atoms with Gasteiger partial charge >= 0.3 is 0 Å². The summed E-state index contributed by atoms with van der Waals surface area (Å²) in [5.74, 6) is 0. The zero-order valence-electron chi connectivity index (χ0n) is 13.9. The SMILES string of the molecule is COCCNc1ccnc2sc3c(=O)n(-c4ccc(Br)cc4)cnc3c12. The molecule has 0 radical (unpaired) electrons. The van der Waals surface area contributed by atoms with E-state index in [0.717, 1.165) is 26.1 Å². The Morgan fingerprint density at radius 1 is 1.23 bits per heavy atom. The van der Waals surface area contributed by atoms with Gasteiger partial charge in [0.05, 0.1) is 23.2 Å². The highest BCUT2D eigenvalue weighted by molar-refractivity contribution is 9.10. The third kappa shape index (κ3) is 3.00. The number of ether oxygens (including phenoxy) is 1. The molecule has 0 fully saturated rings. The van der Waals surface area contributed by atoms with Crippen molar-refractivity contribution < 1.29 is 4.74 Å². The number of thiophene rings is 1. The van der Waals surface area contributed by atoms with Crippen molar-refractivity contribution in [3.05, 3.63) is 57.7 Å². The van der Waals surface area contributed by atoms with E-state index in [-0.39, 0.29) is 5.56 Å². The van der Waals surface area contributed by atoms with Crippen LogP contribution in [0.3, 0.4) is 0 Å². The molecule has 3 heterocycles. The van der Waals surface area contributed by atoms with Crippen molar-refractivity contribution in [3.8, 4) is 5.69 Å². The second-order valence-electron chi connectivity index (χ2n) is 5.63. The first-order chi connectivity index (χ1) is 12.7. The Labute approximate surface area is 161 Å². The molecular weight excluding hydrogens is 416 g/mol. The van der Waals surface area contributed by atoms with Gasteiger partial charge in [-0.3, -0.25) is 9.36 Å². The highest BCUT2D eigenvalue weighted by atomic mass is 79.9. The summed E-state index contributed by atoms with van der Waals surface area (Å²) in [4.78, 5) is 22.8. The number of hydrogen-bond donors (Lipinski definition) is 1. The van der Waals surface area contributed by atoms with Gasteiger partial charge in [0, 0.05) is 30.0 Å². The standard InChI is InChI=1S/C18H15BrN4O2S/c1-25-9-8-20-13-6-7-21-17-14(13)15-16(26-17)18(24)23(10-22-15)12-4-2-11(19)3-5-12/h2-7,10H,8-9H2,1H3,(H,20,21). The van der Waals surface area contributed by atoms with Gasteiger partial charge in [0.1, 0.15) is 15.9 Å². The maximum Gasteiger partial charge on any atom is 0.275 e. The molecule has 0 bridgehead atoms. The average molecular weight is 431 g/mol. The second-order valence-corrected chi connectivity index (χ2v) is 7.55. The van der Waals surface area contributed by atoms with Crippen LogP contribution in [0.2, 0.25) is 0 Å². The maximum atomic E-state index is 13.0. The number of rotatable bonds is 5. The molecular formula is C18H15BrN4O2S. The summed E-state index contributed by atoms with van der Waals surface area (Å²) in [5.41, 5.74) is 2.27. The number of methoxy groups -OCH3 is 1.